The highest BCUT2D eigenvalue weighted by Gasteiger charge is 2.27. The van der Waals surface area contributed by atoms with E-state index in [0.717, 1.165) is 18.7 Å². The molecule has 1 fully saturated rings. The minimum atomic E-state index is -3.84. The smallest absolute Gasteiger partial charge is 0.344 e. The summed E-state index contributed by atoms with van der Waals surface area (Å²) in [5.41, 5.74) is 7.26. The summed E-state index contributed by atoms with van der Waals surface area (Å²) in [5, 5.41) is 0. The van der Waals surface area contributed by atoms with E-state index in [0.29, 0.717) is 42.3 Å². The lowest BCUT2D eigenvalue weighted by Crippen LogP contribution is -2.41. The van der Waals surface area contributed by atoms with Crippen molar-refractivity contribution in [2.75, 3.05) is 43.4 Å². The molecule has 4 rings (SSSR count). The van der Waals surface area contributed by atoms with Crippen molar-refractivity contribution in [2.45, 2.75) is 12.8 Å². The van der Waals surface area contributed by atoms with Crippen LogP contribution >= 0.6 is 0 Å². The topological polar surface area (TPSA) is 130 Å². The number of amides is 1. The van der Waals surface area contributed by atoms with Gasteiger partial charge in [0.05, 0.1) is 17.9 Å². The molecule has 1 saturated heterocycles. The SMILES string of the molecule is CN(C)c1cc(C(=O)N2CCC[C@H](COc3cccc4c3C(N)=NS(=O)(=O)N4)C2)ccn1. The molecule has 3 N–H and O–H groups in total. The molecule has 170 valence electrons. The second-order valence-corrected chi connectivity index (χ2v) is 9.44. The number of likely N-dealkylation sites (tertiary alicyclic amines) is 1. The van der Waals surface area contributed by atoms with Gasteiger partial charge in [0.2, 0.25) is 0 Å². The molecular formula is C21H26N6O4S. The van der Waals surface area contributed by atoms with Crippen molar-refractivity contribution in [3.05, 3.63) is 47.7 Å². The Morgan fingerprint density at radius 3 is 2.94 bits per heavy atom. The molecule has 32 heavy (non-hydrogen) atoms. The van der Waals surface area contributed by atoms with Gasteiger partial charge in [-0.1, -0.05) is 6.07 Å². The van der Waals surface area contributed by atoms with Crippen molar-refractivity contribution in [1.82, 2.24) is 9.88 Å². The Bertz CT molecular complexity index is 1160. The van der Waals surface area contributed by atoms with Gasteiger partial charge in [0.15, 0.2) is 5.84 Å². The van der Waals surface area contributed by atoms with Crippen molar-refractivity contribution in [1.29, 1.82) is 0 Å². The maximum absolute atomic E-state index is 13.0. The first kappa shape index (κ1) is 21.9. The summed E-state index contributed by atoms with van der Waals surface area (Å²) >= 11 is 0. The molecule has 0 saturated carbocycles. The number of nitrogens with two attached hydrogens (primary N) is 1. The number of nitrogens with zero attached hydrogens (tertiary/aromatic N) is 4. The van der Waals surface area contributed by atoms with E-state index in [1.54, 1.807) is 36.5 Å². The zero-order valence-corrected chi connectivity index (χ0v) is 18.8. The Morgan fingerprint density at radius 1 is 1.34 bits per heavy atom. The number of carbonyl (C=O) groups is 1. The van der Waals surface area contributed by atoms with Crippen LogP contribution in [0, 0.1) is 5.92 Å². The quantitative estimate of drug-likeness (QED) is 0.693. The van der Waals surface area contributed by atoms with Crippen molar-refractivity contribution in [3.63, 3.8) is 0 Å². The molecule has 0 aliphatic carbocycles. The van der Waals surface area contributed by atoms with E-state index < -0.39 is 10.2 Å². The Labute approximate surface area is 187 Å². The summed E-state index contributed by atoms with van der Waals surface area (Å²) in [5.74, 6) is 1.19. The lowest BCUT2D eigenvalue weighted by molar-refractivity contribution is 0.0633. The van der Waals surface area contributed by atoms with Gasteiger partial charge in [-0.25, -0.2) is 4.98 Å². The number of amidine groups is 1. The van der Waals surface area contributed by atoms with E-state index in [4.69, 9.17) is 10.5 Å². The zero-order chi connectivity index (χ0) is 22.9. The molecule has 2 aromatic rings. The number of piperidine rings is 1. The summed E-state index contributed by atoms with van der Waals surface area (Å²) < 4.78 is 35.4. The molecule has 0 radical (unpaired) electrons. The van der Waals surface area contributed by atoms with E-state index in [1.807, 2.05) is 23.9 Å². The third kappa shape index (κ3) is 4.62. The third-order valence-corrected chi connectivity index (χ3v) is 6.39. The van der Waals surface area contributed by atoms with E-state index in [9.17, 15) is 13.2 Å². The predicted octanol–water partition coefficient (Wildman–Crippen LogP) is 1.45. The van der Waals surface area contributed by atoms with Crippen LogP contribution in [0.1, 0.15) is 28.8 Å². The maximum Gasteiger partial charge on any atom is 0.344 e. The number of hydrogen-bond acceptors (Lipinski definition) is 7. The summed E-state index contributed by atoms with van der Waals surface area (Å²) in [7, 11) is -0.0745. The summed E-state index contributed by atoms with van der Waals surface area (Å²) in [6.07, 6.45) is 3.45. The fourth-order valence-corrected chi connectivity index (χ4v) is 4.75. The van der Waals surface area contributed by atoms with Gasteiger partial charge < -0.3 is 20.3 Å². The Morgan fingerprint density at radius 2 is 2.16 bits per heavy atom. The molecular weight excluding hydrogens is 432 g/mol. The van der Waals surface area contributed by atoms with Crippen LogP contribution in [0.4, 0.5) is 11.5 Å². The molecule has 10 nitrogen and oxygen atoms in total. The minimum Gasteiger partial charge on any atom is -0.492 e. The minimum absolute atomic E-state index is 0.0249. The number of ether oxygens (including phenoxy) is 1. The molecule has 3 heterocycles. The van der Waals surface area contributed by atoms with Gasteiger partial charge in [0.1, 0.15) is 11.6 Å². The average Bonchev–Trinajstić information content (AvgIpc) is 2.76. The highest BCUT2D eigenvalue weighted by atomic mass is 32.2. The van der Waals surface area contributed by atoms with Crippen LogP contribution < -0.4 is 20.1 Å². The Balaban J connectivity index is 1.44. The number of carbonyl (C=O) groups excluding carboxylic acids is 1. The van der Waals surface area contributed by atoms with Gasteiger partial charge in [-0.05, 0) is 37.1 Å². The van der Waals surface area contributed by atoms with E-state index >= 15 is 0 Å². The standard InChI is InChI=1S/C21H26N6O4S/c1-26(2)18-11-15(8-9-23-18)21(28)27-10-4-5-14(12-27)13-31-17-7-3-6-16-19(17)20(22)25-32(29,30)24-16/h3,6-9,11,14,24H,4-5,10,12-13H2,1-2H3,(H2,22,25)/t14-/m0/s1. The van der Waals surface area contributed by atoms with Crippen molar-refractivity contribution >= 4 is 33.5 Å². The molecule has 0 unspecified atom stereocenters. The van der Waals surface area contributed by atoms with Crippen molar-refractivity contribution in [2.24, 2.45) is 16.0 Å². The second kappa shape index (κ2) is 8.65. The Hall–Kier alpha value is -3.34. The van der Waals surface area contributed by atoms with E-state index in [-0.39, 0.29) is 17.7 Å². The summed E-state index contributed by atoms with van der Waals surface area (Å²) in [4.78, 5) is 21.0. The van der Waals surface area contributed by atoms with Crippen LogP contribution in [0.5, 0.6) is 5.75 Å². The van der Waals surface area contributed by atoms with Crippen LogP contribution in [-0.2, 0) is 10.2 Å². The fourth-order valence-electron chi connectivity index (χ4n) is 3.91. The van der Waals surface area contributed by atoms with Crippen LogP contribution in [0.25, 0.3) is 0 Å². The first-order valence-electron chi connectivity index (χ1n) is 10.3. The lowest BCUT2D eigenvalue weighted by atomic mass is 9.98. The molecule has 1 amide bonds. The molecule has 1 atom stereocenters. The average molecular weight is 459 g/mol. The first-order valence-corrected chi connectivity index (χ1v) is 11.7. The van der Waals surface area contributed by atoms with Gasteiger partial charge in [-0.2, -0.15) is 8.42 Å². The number of fused-ring (bicyclic) bond motifs is 1. The zero-order valence-electron chi connectivity index (χ0n) is 18.0. The number of aromatic nitrogens is 1. The number of benzene rings is 1. The van der Waals surface area contributed by atoms with Gasteiger partial charge >= 0.3 is 10.2 Å². The largest absolute Gasteiger partial charge is 0.492 e. The van der Waals surface area contributed by atoms with E-state index in [2.05, 4.69) is 14.1 Å². The number of anilines is 2. The number of nitrogens with one attached hydrogen (secondary N) is 1. The summed E-state index contributed by atoms with van der Waals surface area (Å²) in [6.45, 7) is 1.64. The van der Waals surface area contributed by atoms with Gasteiger partial charge in [-0.3, -0.25) is 9.52 Å². The first-order chi connectivity index (χ1) is 15.2. The summed E-state index contributed by atoms with van der Waals surface area (Å²) in [6, 6.07) is 8.56. The number of rotatable bonds is 5. The van der Waals surface area contributed by atoms with Gasteiger partial charge in [0, 0.05) is 44.9 Å². The fraction of sp³-hybridized carbons (Fsp3) is 0.381. The van der Waals surface area contributed by atoms with Crippen LogP contribution in [-0.4, -0.2) is 63.8 Å². The molecule has 1 aromatic heterocycles. The van der Waals surface area contributed by atoms with Gasteiger partial charge in [0.25, 0.3) is 5.91 Å². The molecule has 2 aliphatic rings. The number of pyridine rings is 1. The van der Waals surface area contributed by atoms with Gasteiger partial charge in [-0.15, -0.1) is 4.40 Å². The Kier molecular flexibility index (Phi) is 5.92. The normalized spacial score (nSPS) is 19.4. The van der Waals surface area contributed by atoms with Crippen LogP contribution in [0.3, 0.4) is 0 Å². The molecule has 0 bridgehead atoms. The highest BCUT2D eigenvalue weighted by Crippen LogP contribution is 2.31. The predicted molar refractivity (Wildman–Crippen MR) is 122 cm³/mol. The molecule has 2 aliphatic heterocycles. The lowest BCUT2D eigenvalue weighted by Gasteiger charge is -2.33. The second-order valence-electron chi connectivity index (χ2n) is 8.10. The third-order valence-electron chi connectivity index (χ3n) is 5.47. The maximum atomic E-state index is 13.0. The monoisotopic (exact) mass is 458 g/mol. The molecule has 11 heteroatoms. The van der Waals surface area contributed by atoms with Crippen LogP contribution in [0.15, 0.2) is 40.9 Å². The molecule has 1 aromatic carbocycles. The number of hydrogen-bond donors (Lipinski definition) is 2. The van der Waals surface area contributed by atoms with Crippen molar-refractivity contribution in [3.8, 4) is 5.75 Å². The van der Waals surface area contributed by atoms with E-state index in [1.165, 1.54) is 0 Å². The highest BCUT2D eigenvalue weighted by molar-refractivity contribution is 7.91. The van der Waals surface area contributed by atoms with Crippen molar-refractivity contribution < 1.29 is 17.9 Å². The van der Waals surface area contributed by atoms with Crippen LogP contribution in [0.2, 0.25) is 0 Å². The molecule has 0 spiro atoms.